The molecule has 0 saturated carbocycles. The summed E-state index contributed by atoms with van der Waals surface area (Å²) in [5.41, 5.74) is 11.4. The van der Waals surface area contributed by atoms with Crippen LogP contribution in [0.3, 0.4) is 0 Å². The van der Waals surface area contributed by atoms with E-state index < -0.39 is 0 Å². The fourth-order valence-corrected chi connectivity index (χ4v) is 3.32. The maximum absolute atomic E-state index is 6.54. The Balaban J connectivity index is 1.98. The summed E-state index contributed by atoms with van der Waals surface area (Å²) in [6.07, 6.45) is 0. The number of hydrogen-bond acceptors (Lipinski definition) is 2. The first kappa shape index (κ1) is 13.7. The molecule has 1 aliphatic heterocycles. The zero-order valence-corrected chi connectivity index (χ0v) is 13.3. The average molecular weight is 332 g/mol. The Morgan fingerprint density at radius 3 is 2.75 bits per heavy atom. The summed E-state index contributed by atoms with van der Waals surface area (Å²) >= 11 is 3.57. The van der Waals surface area contributed by atoms with Gasteiger partial charge >= 0.3 is 0 Å². The average Bonchev–Trinajstić information content (AvgIpc) is 2.86. The lowest BCUT2D eigenvalue weighted by atomic mass is 9.86. The Labute approximate surface area is 128 Å². The molecule has 1 heterocycles. The molecular formula is C17H18BrNO. The number of rotatable bonds is 2. The van der Waals surface area contributed by atoms with Crippen molar-refractivity contribution in [3.05, 3.63) is 63.1 Å². The van der Waals surface area contributed by atoms with Crippen molar-refractivity contribution in [2.45, 2.75) is 25.8 Å². The number of para-hydroxylation sites is 1. The molecule has 2 unspecified atom stereocenters. The minimum absolute atomic E-state index is 0.0366. The van der Waals surface area contributed by atoms with Gasteiger partial charge in [-0.15, -0.1) is 0 Å². The third kappa shape index (κ3) is 2.25. The predicted octanol–water partition coefficient (Wildman–Crippen LogP) is 4.24. The lowest BCUT2D eigenvalue weighted by Crippen LogP contribution is -2.22. The number of halogens is 1. The standard InChI is InChI=1S/C17H18BrNO/c1-10-8-15(18)11(2)7-13(10)17(19)14-9-20-16-6-4-3-5-12(14)16/h3-8,14,17H,9,19H2,1-2H3. The van der Waals surface area contributed by atoms with Crippen LogP contribution in [0.5, 0.6) is 5.75 Å². The quantitative estimate of drug-likeness (QED) is 0.893. The molecule has 0 saturated heterocycles. The Kier molecular flexibility index (Phi) is 3.57. The van der Waals surface area contributed by atoms with Crippen LogP contribution in [0.4, 0.5) is 0 Å². The van der Waals surface area contributed by atoms with Gasteiger partial charge in [0.05, 0.1) is 6.61 Å². The first-order valence-corrected chi connectivity index (χ1v) is 7.61. The second-order valence-corrected chi connectivity index (χ2v) is 6.29. The van der Waals surface area contributed by atoms with Crippen molar-refractivity contribution in [1.82, 2.24) is 0 Å². The smallest absolute Gasteiger partial charge is 0.122 e. The zero-order chi connectivity index (χ0) is 14.3. The van der Waals surface area contributed by atoms with E-state index in [4.69, 9.17) is 10.5 Å². The molecule has 3 heteroatoms. The normalized spacial score (nSPS) is 18.5. The van der Waals surface area contributed by atoms with Crippen LogP contribution in [0.1, 0.15) is 34.2 Å². The first-order valence-electron chi connectivity index (χ1n) is 6.82. The summed E-state index contributed by atoms with van der Waals surface area (Å²) in [7, 11) is 0. The van der Waals surface area contributed by atoms with E-state index in [0.29, 0.717) is 6.61 Å². The van der Waals surface area contributed by atoms with E-state index in [9.17, 15) is 0 Å². The van der Waals surface area contributed by atoms with Gasteiger partial charge in [-0.05, 0) is 42.7 Å². The molecule has 2 N–H and O–H groups in total. The van der Waals surface area contributed by atoms with Gasteiger partial charge in [-0.1, -0.05) is 40.2 Å². The zero-order valence-electron chi connectivity index (χ0n) is 11.7. The monoisotopic (exact) mass is 331 g/mol. The Hall–Kier alpha value is -1.32. The lowest BCUT2D eigenvalue weighted by Gasteiger charge is -2.21. The van der Waals surface area contributed by atoms with E-state index in [1.807, 2.05) is 18.2 Å². The summed E-state index contributed by atoms with van der Waals surface area (Å²) in [5.74, 6) is 1.20. The summed E-state index contributed by atoms with van der Waals surface area (Å²) < 4.78 is 6.89. The van der Waals surface area contributed by atoms with Gasteiger partial charge in [0.1, 0.15) is 5.75 Å². The highest BCUT2D eigenvalue weighted by molar-refractivity contribution is 9.10. The number of aryl methyl sites for hydroxylation is 2. The Morgan fingerprint density at radius 1 is 1.20 bits per heavy atom. The second kappa shape index (κ2) is 5.23. The van der Waals surface area contributed by atoms with Crippen LogP contribution in [0.25, 0.3) is 0 Å². The summed E-state index contributed by atoms with van der Waals surface area (Å²) in [6.45, 7) is 4.87. The van der Waals surface area contributed by atoms with Crippen LogP contribution in [-0.4, -0.2) is 6.61 Å². The first-order chi connectivity index (χ1) is 9.58. The molecule has 0 bridgehead atoms. The minimum Gasteiger partial charge on any atom is -0.493 e. The topological polar surface area (TPSA) is 35.2 Å². The highest BCUT2D eigenvalue weighted by Gasteiger charge is 2.30. The number of ether oxygens (including phenoxy) is 1. The van der Waals surface area contributed by atoms with Crippen molar-refractivity contribution in [2.24, 2.45) is 5.73 Å². The lowest BCUT2D eigenvalue weighted by molar-refractivity contribution is 0.315. The van der Waals surface area contributed by atoms with Gasteiger partial charge in [0.25, 0.3) is 0 Å². The molecule has 0 amide bonds. The molecule has 0 fully saturated rings. The van der Waals surface area contributed by atoms with Gasteiger partial charge in [0.2, 0.25) is 0 Å². The molecule has 0 aromatic heterocycles. The van der Waals surface area contributed by atoms with Crippen molar-refractivity contribution in [2.75, 3.05) is 6.61 Å². The molecule has 104 valence electrons. The van der Waals surface area contributed by atoms with Crippen molar-refractivity contribution in [1.29, 1.82) is 0 Å². The Bertz CT molecular complexity index is 653. The molecule has 0 aliphatic carbocycles. The number of nitrogens with two attached hydrogens (primary N) is 1. The molecule has 2 aromatic carbocycles. The van der Waals surface area contributed by atoms with Gasteiger partial charge in [-0.3, -0.25) is 0 Å². The third-order valence-corrected chi connectivity index (χ3v) is 4.93. The van der Waals surface area contributed by atoms with Crippen LogP contribution in [0, 0.1) is 13.8 Å². The molecule has 2 atom stereocenters. The third-order valence-electron chi connectivity index (χ3n) is 4.08. The fraction of sp³-hybridized carbons (Fsp3) is 0.294. The van der Waals surface area contributed by atoms with Gasteiger partial charge in [0, 0.05) is 22.0 Å². The summed E-state index contributed by atoms with van der Waals surface area (Å²) in [5, 5.41) is 0. The van der Waals surface area contributed by atoms with Gasteiger partial charge in [-0.2, -0.15) is 0 Å². The van der Waals surface area contributed by atoms with E-state index in [1.54, 1.807) is 0 Å². The molecular weight excluding hydrogens is 314 g/mol. The van der Waals surface area contributed by atoms with Gasteiger partial charge < -0.3 is 10.5 Å². The van der Waals surface area contributed by atoms with E-state index >= 15 is 0 Å². The van der Waals surface area contributed by atoms with Crippen molar-refractivity contribution in [3.63, 3.8) is 0 Å². The van der Waals surface area contributed by atoms with Crippen molar-refractivity contribution < 1.29 is 4.74 Å². The van der Waals surface area contributed by atoms with Gasteiger partial charge in [0.15, 0.2) is 0 Å². The highest BCUT2D eigenvalue weighted by atomic mass is 79.9. The van der Waals surface area contributed by atoms with Crippen LogP contribution in [0.2, 0.25) is 0 Å². The largest absolute Gasteiger partial charge is 0.493 e. The SMILES string of the molecule is Cc1cc(C(N)C2COc3ccccc32)c(C)cc1Br. The number of hydrogen-bond donors (Lipinski definition) is 1. The highest BCUT2D eigenvalue weighted by Crippen LogP contribution is 2.41. The van der Waals surface area contributed by atoms with Gasteiger partial charge in [-0.25, -0.2) is 0 Å². The Morgan fingerprint density at radius 2 is 1.95 bits per heavy atom. The van der Waals surface area contributed by atoms with Crippen LogP contribution in [0.15, 0.2) is 40.9 Å². The fourth-order valence-electron chi connectivity index (χ4n) is 2.86. The summed E-state index contributed by atoms with van der Waals surface area (Å²) in [6, 6.07) is 12.5. The van der Waals surface area contributed by atoms with E-state index in [2.05, 4.69) is 48.0 Å². The predicted molar refractivity (Wildman–Crippen MR) is 85.2 cm³/mol. The van der Waals surface area contributed by atoms with E-state index in [0.717, 1.165) is 10.2 Å². The number of fused-ring (bicyclic) bond motifs is 1. The second-order valence-electron chi connectivity index (χ2n) is 5.44. The van der Waals surface area contributed by atoms with Crippen molar-refractivity contribution in [3.8, 4) is 5.75 Å². The van der Waals surface area contributed by atoms with E-state index in [-0.39, 0.29) is 12.0 Å². The molecule has 20 heavy (non-hydrogen) atoms. The minimum atomic E-state index is -0.0366. The van der Waals surface area contributed by atoms with E-state index in [1.165, 1.54) is 22.3 Å². The number of benzene rings is 2. The molecule has 3 rings (SSSR count). The van der Waals surface area contributed by atoms with Crippen LogP contribution < -0.4 is 10.5 Å². The molecule has 2 nitrogen and oxygen atoms in total. The maximum atomic E-state index is 6.54. The maximum Gasteiger partial charge on any atom is 0.122 e. The molecule has 2 aromatic rings. The van der Waals surface area contributed by atoms with Crippen LogP contribution >= 0.6 is 15.9 Å². The molecule has 0 radical (unpaired) electrons. The molecule has 1 aliphatic rings. The van der Waals surface area contributed by atoms with Crippen molar-refractivity contribution >= 4 is 15.9 Å². The summed E-state index contributed by atoms with van der Waals surface area (Å²) in [4.78, 5) is 0. The van der Waals surface area contributed by atoms with Crippen LogP contribution in [-0.2, 0) is 0 Å². The molecule has 0 spiro atoms.